The lowest BCUT2D eigenvalue weighted by atomic mass is 9.97. The Bertz CT molecular complexity index is 1380. The molecule has 10 nitrogen and oxygen atoms in total. The summed E-state index contributed by atoms with van der Waals surface area (Å²) in [7, 11) is 0. The number of thioether (sulfide) groups is 4. The van der Waals surface area contributed by atoms with Gasteiger partial charge in [-0.2, -0.15) is 5.26 Å². The minimum atomic E-state index is -0.736. The highest BCUT2D eigenvalue weighted by molar-refractivity contribution is 8.40. The van der Waals surface area contributed by atoms with Crippen LogP contribution >= 0.6 is 47.0 Å². The molecule has 1 heterocycles. The van der Waals surface area contributed by atoms with Gasteiger partial charge in [0.1, 0.15) is 6.07 Å². The lowest BCUT2D eigenvalue weighted by Gasteiger charge is -2.07. The Kier molecular flexibility index (Phi) is 6.14. The van der Waals surface area contributed by atoms with Gasteiger partial charge in [0, 0.05) is 40.5 Å². The summed E-state index contributed by atoms with van der Waals surface area (Å²) >= 11 is 5.82. The van der Waals surface area contributed by atoms with E-state index < -0.39 is 26.1 Å². The molecule has 0 N–H and O–H groups in total. The predicted molar refractivity (Wildman–Crippen MR) is 132 cm³/mol. The molecule has 0 unspecified atom stereocenters. The zero-order valence-electron chi connectivity index (χ0n) is 16.7. The summed E-state index contributed by atoms with van der Waals surface area (Å²) in [6.07, 6.45) is 3.80. The van der Waals surface area contributed by atoms with Gasteiger partial charge in [-0.1, -0.05) is 23.5 Å². The topological polar surface area (TPSA) is 153 Å². The van der Waals surface area contributed by atoms with Crippen LogP contribution < -0.4 is 0 Å². The summed E-state index contributed by atoms with van der Waals surface area (Å²) in [5.41, 5.74) is -0.331. The van der Waals surface area contributed by atoms with E-state index in [0.717, 1.165) is 20.6 Å². The van der Waals surface area contributed by atoms with Crippen molar-refractivity contribution in [3.63, 3.8) is 0 Å². The van der Waals surface area contributed by atoms with Crippen LogP contribution in [0, 0.1) is 41.7 Å². The van der Waals surface area contributed by atoms with Gasteiger partial charge in [0.15, 0.2) is 0 Å². The van der Waals surface area contributed by atoms with Crippen molar-refractivity contribution in [2.75, 3.05) is 12.5 Å². The third kappa shape index (κ3) is 3.76. The van der Waals surface area contributed by atoms with Gasteiger partial charge in [0.2, 0.25) is 0 Å². The van der Waals surface area contributed by atoms with Crippen molar-refractivity contribution in [3.05, 3.63) is 84.0 Å². The number of nitro groups is 3. The maximum Gasteiger partial charge on any atom is 0.284 e. The van der Waals surface area contributed by atoms with Gasteiger partial charge in [-0.25, -0.2) is 0 Å². The van der Waals surface area contributed by atoms with Gasteiger partial charge in [-0.15, -0.1) is 23.5 Å². The van der Waals surface area contributed by atoms with Crippen molar-refractivity contribution in [2.45, 2.75) is 0 Å². The van der Waals surface area contributed by atoms with Gasteiger partial charge < -0.3 is 0 Å². The van der Waals surface area contributed by atoms with Crippen LogP contribution in [0.1, 0.15) is 16.7 Å². The van der Waals surface area contributed by atoms with Crippen LogP contribution in [0.25, 0.3) is 16.7 Å². The molecular formula is C19H10N4O6S4. The number of nitro benzene ring substituents is 3. The Balaban J connectivity index is 2.16. The van der Waals surface area contributed by atoms with Crippen LogP contribution in [0.4, 0.5) is 17.1 Å². The van der Waals surface area contributed by atoms with E-state index in [9.17, 15) is 35.6 Å². The SMILES string of the molecule is CSC1=C(SC)SC(=C2c3cc([N+](=O)[O-])cc(C#N)c3-c3c2cc([N+](=O)[O-])cc3[N+](=O)[O-])S1. The van der Waals surface area contributed by atoms with Gasteiger partial charge in [-0.05, 0) is 12.5 Å². The number of rotatable bonds is 5. The summed E-state index contributed by atoms with van der Waals surface area (Å²) < 4.78 is 2.65. The van der Waals surface area contributed by atoms with Gasteiger partial charge in [-0.3, -0.25) is 30.3 Å². The summed E-state index contributed by atoms with van der Waals surface area (Å²) in [6.45, 7) is 0. The van der Waals surface area contributed by atoms with Crippen molar-refractivity contribution in [1.29, 1.82) is 5.26 Å². The second kappa shape index (κ2) is 8.75. The molecule has 0 fully saturated rings. The van der Waals surface area contributed by atoms with Gasteiger partial charge in [0.05, 0.1) is 44.7 Å². The molecule has 0 amide bonds. The van der Waals surface area contributed by atoms with Crippen molar-refractivity contribution >= 4 is 69.7 Å². The van der Waals surface area contributed by atoms with E-state index >= 15 is 0 Å². The van der Waals surface area contributed by atoms with Crippen molar-refractivity contribution < 1.29 is 14.8 Å². The first-order chi connectivity index (χ1) is 15.7. The summed E-state index contributed by atoms with van der Waals surface area (Å²) in [5, 5.41) is 44.7. The number of benzene rings is 2. The zero-order valence-corrected chi connectivity index (χ0v) is 19.9. The molecule has 0 radical (unpaired) electrons. The molecule has 0 saturated heterocycles. The fraction of sp³-hybridized carbons (Fsp3) is 0.105. The van der Waals surface area contributed by atoms with E-state index in [-0.39, 0.29) is 33.5 Å². The van der Waals surface area contributed by atoms with E-state index in [1.165, 1.54) is 59.2 Å². The number of hydrogen-bond acceptors (Lipinski definition) is 11. The first-order valence-corrected chi connectivity index (χ1v) is 12.9. The Morgan fingerprint density at radius 1 is 0.818 bits per heavy atom. The number of fused-ring (bicyclic) bond motifs is 3. The molecule has 33 heavy (non-hydrogen) atoms. The monoisotopic (exact) mass is 518 g/mol. The fourth-order valence-electron chi connectivity index (χ4n) is 3.60. The molecule has 1 aliphatic carbocycles. The van der Waals surface area contributed by atoms with Crippen molar-refractivity contribution in [2.24, 2.45) is 0 Å². The van der Waals surface area contributed by atoms with Crippen LogP contribution in [0.3, 0.4) is 0 Å². The molecular weight excluding hydrogens is 508 g/mol. The molecule has 2 aliphatic rings. The number of non-ortho nitro benzene ring substituents is 2. The Hall–Kier alpha value is -2.99. The van der Waals surface area contributed by atoms with Crippen molar-refractivity contribution in [3.8, 4) is 17.2 Å². The largest absolute Gasteiger partial charge is 0.284 e. The standard InChI is InChI=1S/C19H10N4O6S4/c1-30-18-19(31-2)33-17(32-18)15-11-4-9(21(24)25)3-8(7-20)14(11)16-12(15)5-10(22(26)27)6-13(16)23(28)29/h3-6H,1-2H3. The van der Waals surface area contributed by atoms with Crippen LogP contribution in [-0.2, 0) is 0 Å². The summed E-state index contributed by atoms with van der Waals surface area (Å²) in [5.74, 6) is 0. The fourth-order valence-corrected chi connectivity index (χ4v) is 8.73. The highest BCUT2D eigenvalue weighted by Crippen LogP contribution is 2.63. The van der Waals surface area contributed by atoms with E-state index in [1.54, 1.807) is 0 Å². The molecule has 0 atom stereocenters. The molecule has 2 aromatic carbocycles. The quantitative estimate of drug-likeness (QED) is 0.275. The Morgan fingerprint density at radius 2 is 1.33 bits per heavy atom. The summed E-state index contributed by atoms with van der Waals surface area (Å²) in [6, 6.07) is 6.32. The maximum absolute atomic E-state index is 11.9. The third-order valence-corrected chi connectivity index (χ3v) is 10.1. The molecule has 0 bridgehead atoms. The van der Waals surface area contributed by atoms with E-state index in [1.807, 2.05) is 18.6 Å². The molecule has 0 saturated carbocycles. The third-order valence-electron chi connectivity index (χ3n) is 4.87. The van der Waals surface area contributed by atoms with Crippen LogP contribution in [-0.4, -0.2) is 27.3 Å². The smallest absolute Gasteiger partial charge is 0.258 e. The Labute approximate surface area is 202 Å². The molecule has 4 rings (SSSR count). The second-order valence-electron chi connectivity index (χ2n) is 6.54. The molecule has 166 valence electrons. The van der Waals surface area contributed by atoms with Gasteiger partial charge in [0.25, 0.3) is 17.1 Å². The number of hydrogen-bond donors (Lipinski definition) is 0. The average Bonchev–Trinajstić information content (AvgIpc) is 3.35. The maximum atomic E-state index is 11.9. The number of nitriles is 1. The molecule has 2 aromatic rings. The highest BCUT2D eigenvalue weighted by atomic mass is 32.3. The van der Waals surface area contributed by atoms with Crippen molar-refractivity contribution in [1.82, 2.24) is 0 Å². The average molecular weight is 519 g/mol. The normalized spacial score (nSPS) is 14.2. The zero-order chi connectivity index (χ0) is 24.0. The Morgan fingerprint density at radius 3 is 1.79 bits per heavy atom. The molecule has 1 aliphatic heterocycles. The van der Waals surface area contributed by atoms with E-state index in [0.29, 0.717) is 9.81 Å². The minimum Gasteiger partial charge on any atom is -0.258 e. The molecule has 0 spiro atoms. The number of nitrogens with zero attached hydrogens (tertiary/aromatic N) is 4. The minimum absolute atomic E-state index is 0.0547. The van der Waals surface area contributed by atoms with Crippen LogP contribution in [0.15, 0.2) is 37.0 Å². The molecule has 14 heteroatoms. The molecule has 0 aromatic heterocycles. The summed E-state index contributed by atoms with van der Waals surface area (Å²) in [4.78, 5) is 32.9. The van der Waals surface area contributed by atoms with Crippen LogP contribution in [0.5, 0.6) is 0 Å². The lowest BCUT2D eigenvalue weighted by Crippen LogP contribution is -1.97. The lowest BCUT2D eigenvalue weighted by molar-refractivity contribution is -0.393. The van der Waals surface area contributed by atoms with E-state index in [4.69, 9.17) is 0 Å². The van der Waals surface area contributed by atoms with E-state index in [2.05, 4.69) is 0 Å². The predicted octanol–water partition coefficient (Wildman–Crippen LogP) is 6.31. The second-order valence-corrected chi connectivity index (χ2v) is 11.0. The first-order valence-electron chi connectivity index (χ1n) is 8.84. The highest BCUT2D eigenvalue weighted by Gasteiger charge is 2.40. The van der Waals surface area contributed by atoms with Crippen LogP contribution in [0.2, 0.25) is 0 Å². The van der Waals surface area contributed by atoms with Gasteiger partial charge >= 0.3 is 0 Å². The first kappa shape index (κ1) is 23.2.